The van der Waals surface area contributed by atoms with E-state index in [1.54, 1.807) is 54.8 Å². The molecule has 0 aliphatic rings. The number of terminal acetylenes is 1. The number of carbonyl (C=O) groups excluding carboxylic acids is 1. The number of anilines is 2. The van der Waals surface area contributed by atoms with Gasteiger partial charge in [-0.1, -0.05) is 12.0 Å². The zero-order valence-electron chi connectivity index (χ0n) is 14.5. The maximum Gasteiger partial charge on any atom is 0.243 e. The molecule has 1 aromatic carbocycles. The fourth-order valence-corrected chi connectivity index (χ4v) is 2.45. The first-order valence-electron chi connectivity index (χ1n) is 7.97. The molecule has 1 N–H and O–H groups in total. The van der Waals surface area contributed by atoms with E-state index in [2.05, 4.69) is 26.2 Å². The molecule has 7 nitrogen and oxygen atoms in total. The van der Waals surface area contributed by atoms with Gasteiger partial charge in [-0.15, -0.1) is 6.42 Å². The van der Waals surface area contributed by atoms with Gasteiger partial charge in [0, 0.05) is 30.7 Å². The Hall–Kier alpha value is -3.66. The third-order valence-corrected chi connectivity index (χ3v) is 3.77. The van der Waals surface area contributed by atoms with Crippen molar-refractivity contribution in [1.82, 2.24) is 19.5 Å². The van der Waals surface area contributed by atoms with Gasteiger partial charge in [0.2, 0.25) is 5.91 Å². The molecule has 0 bridgehead atoms. The zero-order chi connectivity index (χ0) is 18.5. The van der Waals surface area contributed by atoms with Crippen LogP contribution in [0.25, 0.3) is 5.82 Å². The van der Waals surface area contributed by atoms with Crippen molar-refractivity contribution < 1.29 is 4.79 Å². The van der Waals surface area contributed by atoms with Crippen LogP contribution in [0.2, 0.25) is 0 Å². The van der Waals surface area contributed by atoms with Crippen LogP contribution in [0.5, 0.6) is 0 Å². The van der Waals surface area contributed by atoms with Gasteiger partial charge in [-0.25, -0.2) is 9.97 Å². The van der Waals surface area contributed by atoms with Crippen LogP contribution in [0.1, 0.15) is 11.4 Å². The van der Waals surface area contributed by atoms with E-state index in [1.807, 2.05) is 17.7 Å². The Balaban J connectivity index is 1.70. The van der Waals surface area contributed by atoms with Crippen molar-refractivity contribution in [3.63, 3.8) is 0 Å². The Morgan fingerprint density at radius 2 is 2.23 bits per heavy atom. The number of likely N-dealkylation sites (N-methyl/N-ethyl adjacent to an activating group) is 1. The number of amides is 1. The molecular formula is C19H18N6O. The summed E-state index contributed by atoms with van der Waals surface area (Å²) in [6.07, 6.45) is 12.2. The summed E-state index contributed by atoms with van der Waals surface area (Å²) in [5.74, 6) is 4.41. The van der Waals surface area contributed by atoms with E-state index in [0.29, 0.717) is 22.9 Å². The second-order valence-electron chi connectivity index (χ2n) is 5.71. The first kappa shape index (κ1) is 17.2. The second kappa shape index (κ2) is 7.49. The Morgan fingerprint density at radius 3 is 2.96 bits per heavy atom. The number of rotatable bonds is 5. The molecule has 0 unspecified atom stereocenters. The fourth-order valence-electron chi connectivity index (χ4n) is 2.45. The molecule has 0 aliphatic heterocycles. The Kier molecular flexibility index (Phi) is 4.94. The highest BCUT2D eigenvalue weighted by Gasteiger charge is 2.11. The summed E-state index contributed by atoms with van der Waals surface area (Å²) in [7, 11) is 1.78. The van der Waals surface area contributed by atoms with Gasteiger partial charge in [-0.3, -0.25) is 14.3 Å². The van der Waals surface area contributed by atoms with Gasteiger partial charge in [0.05, 0.1) is 18.9 Å². The van der Waals surface area contributed by atoms with E-state index in [1.165, 1.54) is 0 Å². The molecule has 0 atom stereocenters. The highest BCUT2D eigenvalue weighted by Crippen LogP contribution is 2.13. The molecule has 0 radical (unpaired) electrons. The number of carbonyl (C=O) groups is 1. The van der Waals surface area contributed by atoms with Crippen molar-refractivity contribution in [2.45, 2.75) is 6.92 Å². The monoisotopic (exact) mass is 346 g/mol. The lowest BCUT2D eigenvalue weighted by Crippen LogP contribution is -2.30. The first-order chi connectivity index (χ1) is 12.6. The number of imidazole rings is 1. The van der Waals surface area contributed by atoms with Crippen molar-refractivity contribution in [2.24, 2.45) is 0 Å². The maximum atomic E-state index is 12.3. The lowest BCUT2D eigenvalue weighted by molar-refractivity contribution is -0.114. The molecule has 0 fully saturated rings. The number of hydrogen-bond acceptors (Lipinski definition) is 5. The average molecular weight is 346 g/mol. The van der Waals surface area contributed by atoms with E-state index in [9.17, 15) is 4.79 Å². The summed E-state index contributed by atoms with van der Waals surface area (Å²) in [5, 5.41) is 2.83. The number of benzene rings is 1. The SMILES string of the molecule is C#Cc1cccc(NC(=O)CN(C)c2cncc(-n3ccnc3C)n2)c1. The molecule has 0 saturated heterocycles. The lowest BCUT2D eigenvalue weighted by atomic mass is 10.2. The molecule has 130 valence electrons. The minimum Gasteiger partial charge on any atom is -0.349 e. The fraction of sp³-hybridized carbons (Fsp3) is 0.158. The third kappa shape index (κ3) is 3.87. The maximum absolute atomic E-state index is 12.3. The van der Waals surface area contributed by atoms with Crippen LogP contribution in [0.15, 0.2) is 49.1 Å². The average Bonchev–Trinajstić information content (AvgIpc) is 3.08. The van der Waals surface area contributed by atoms with Crippen LogP contribution in [0.4, 0.5) is 11.5 Å². The Labute approximate surface area is 151 Å². The quantitative estimate of drug-likeness (QED) is 0.716. The van der Waals surface area contributed by atoms with Crippen LogP contribution >= 0.6 is 0 Å². The summed E-state index contributed by atoms with van der Waals surface area (Å²) in [6.45, 7) is 2.01. The number of nitrogens with zero attached hydrogens (tertiary/aromatic N) is 5. The lowest BCUT2D eigenvalue weighted by Gasteiger charge is -2.18. The van der Waals surface area contributed by atoms with Crippen LogP contribution in [-0.2, 0) is 4.79 Å². The highest BCUT2D eigenvalue weighted by molar-refractivity contribution is 5.94. The van der Waals surface area contributed by atoms with Gasteiger partial charge in [-0.2, -0.15) is 0 Å². The molecule has 0 spiro atoms. The number of hydrogen-bond donors (Lipinski definition) is 1. The summed E-state index contributed by atoms with van der Waals surface area (Å²) >= 11 is 0. The topological polar surface area (TPSA) is 75.9 Å². The molecule has 2 aromatic heterocycles. The minimum absolute atomic E-state index is 0.126. The van der Waals surface area contributed by atoms with Crippen LogP contribution in [0, 0.1) is 19.3 Å². The largest absolute Gasteiger partial charge is 0.349 e. The highest BCUT2D eigenvalue weighted by atomic mass is 16.2. The van der Waals surface area contributed by atoms with E-state index in [0.717, 1.165) is 5.82 Å². The normalized spacial score (nSPS) is 10.2. The summed E-state index contributed by atoms with van der Waals surface area (Å²) in [4.78, 5) is 27.0. The van der Waals surface area contributed by atoms with Gasteiger partial charge < -0.3 is 10.2 Å². The number of aryl methyl sites for hydroxylation is 1. The summed E-state index contributed by atoms with van der Waals surface area (Å²) in [5.41, 5.74) is 1.37. The molecular weight excluding hydrogens is 328 g/mol. The van der Waals surface area contributed by atoms with Gasteiger partial charge in [-0.05, 0) is 25.1 Å². The molecule has 0 aliphatic carbocycles. The second-order valence-corrected chi connectivity index (χ2v) is 5.71. The van der Waals surface area contributed by atoms with Crippen molar-refractivity contribution >= 4 is 17.4 Å². The number of aromatic nitrogens is 4. The molecule has 3 rings (SSSR count). The summed E-state index contributed by atoms with van der Waals surface area (Å²) < 4.78 is 1.83. The zero-order valence-corrected chi connectivity index (χ0v) is 14.5. The summed E-state index contributed by atoms with van der Waals surface area (Å²) in [6, 6.07) is 7.15. The van der Waals surface area contributed by atoms with Crippen molar-refractivity contribution in [2.75, 3.05) is 23.8 Å². The van der Waals surface area contributed by atoms with E-state index in [4.69, 9.17) is 6.42 Å². The van der Waals surface area contributed by atoms with Gasteiger partial charge in [0.25, 0.3) is 0 Å². The molecule has 3 aromatic rings. The molecule has 1 amide bonds. The van der Waals surface area contributed by atoms with Gasteiger partial charge in [0.1, 0.15) is 11.6 Å². The van der Waals surface area contributed by atoms with E-state index < -0.39 is 0 Å². The predicted octanol–water partition coefficient (Wildman–Crippen LogP) is 2.03. The minimum atomic E-state index is -0.173. The Morgan fingerprint density at radius 1 is 1.38 bits per heavy atom. The van der Waals surface area contributed by atoms with Gasteiger partial charge >= 0.3 is 0 Å². The predicted molar refractivity (Wildman–Crippen MR) is 100 cm³/mol. The van der Waals surface area contributed by atoms with Crippen molar-refractivity contribution in [3.8, 4) is 18.2 Å². The van der Waals surface area contributed by atoms with Gasteiger partial charge in [0.15, 0.2) is 5.82 Å². The number of nitrogens with one attached hydrogen (secondary N) is 1. The van der Waals surface area contributed by atoms with Crippen molar-refractivity contribution in [3.05, 3.63) is 60.4 Å². The molecule has 26 heavy (non-hydrogen) atoms. The molecule has 2 heterocycles. The van der Waals surface area contributed by atoms with Crippen molar-refractivity contribution in [1.29, 1.82) is 0 Å². The molecule has 0 saturated carbocycles. The Bertz CT molecular complexity index is 972. The van der Waals surface area contributed by atoms with Crippen LogP contribution in [-0.4, -0.2) is 39.0 Å². The first-order valence-corrected chi connectivity index (χ1v) is 7.97. The van der Waals surface area contributed by atoms with Crippen LogP contribution < -0.4 is 10.2 Å². The molecule has 7 heteroatoms. The third-order valence-electron chi connectivity index (χ3n) is 3.77. The smallest absolute Gasteiger partial charge is 0.243 e. The van der Waals surface area contributed by atoms with E-state index >= 15 is 0 Å². The van der Waals surface area contributed by atoms with E-state index in [-0.39, 0.29) is 12.5 Å². The standard InChI is InChI=1S/C19H18N6O/c1-4-15-6-5-7-16(10-15)22-19(26)13-24(3)17-11-20-12-18(23-17)25-9-8-21-14(25)2/h1,5-12H,13H2,2-3H3,(H,22,26). The van der Waals surface area contributed by atoms with Crippen LogP contribution in [0.3, 0.4) is 0 Å².